The first-order chi connectivity index (χ1) is 15.1. The summed E-state index contributed by atoms with van der Waals surface area (Å²) in [6.07, 6.45) is 5.82. The van der Waals surface area contributed by atoms with Crippen LogP contribution in [0.4, 0.5) is 11.4 Å². The van der Waals surface area contributed by atoms with Gasteiger partial charge in [0.1, 0.15) is 0 Å². The van der Waals surface area contributed by atoms with Gasteiger partial charge >= 0.3 is 17.1 Å². The van der Waals surface area contributed by atoms with Crippen LogP contribution in [0.2, 0.25) is 0 Å². The van der Waals surface area contributed by atoms with Gasteiger partial charge in [-0.2, -0.15) is 0 Å². The van der Waals surface area contributed by atoms with Gasteiger partial charge < -0.3 is 9.80 Å². The third-order valence-electron chi connectivity index (χ3n) is 5.75. The van der Waals surface area contributed by atoms with Crippen LogP contribution in [-0.4, -0.2) is 0 Å². The largest absolute Gasteiger partial charge is 1.00 e. The number of allylic oxidation sites excluding steroid dienone is 1. The molecule has 0 saturated carbocycles. The van der Waals surface area contributed by atoms with Gasteiger partial charge in [-0.1, -0.05) is 91.8 Å². The molecule has 33 heavy (non-hydrogen) atoms. The van der Waals surface area contributed by atoms with E-state index in [1.54, 1.807) is 0 Å². The van der Waals surface area contributed by atoms with E-state index in [0.29, 0.717) is 23.7 Å². The van der Waals surface area contributed by atoms with Crippen molar-refractivity contribution >= 4 is 11.4 Å². The maximum Gasteiger partial charge on any atom is 1.00 e. The Bertz CT molecular complexity index is 801. The third kappa shape index (κ3) is 6.71. The average molecular weight is 493 g/mol. The summed E-state index contributed by atoms with van der Waals surface area (Å²) in [6, 6.07) is 13.4. The van der Waals surface area contributed by atoms with Crippen LogP contribution in [0.3, 0.4) is 0 Å². The minimum atomic E-state index is 0. The maximum absolute atomic E-state index is 3.66. The number of benzene rings is 2. The van der Waals surface area contributed by atoms with Crippen molar-refractivity contribution in [3.8, 4) is 0 Å². The van der Waals surface area contributed by atoms with Gasteiger partial charge in [0.05, 0.1) is 11.4 Å². The monoisotopic (exact) mass is 492 g/mol. The van der Waals surface area contributed by atoms with E-state index < -0.39 is 0 Å². The Balaban J connectivity index is 0.00000129. The van der Waals surface area contributed by atoms with Crippen molar-refractivity contribution in [2.45, 2.75) is 79.1 Å². The van der Waals surface area contributed by atoms with Crippen molar-refractivity contribution in [2.75, 3.05) is 9.80 Å². The SMILES string of the molecule is C=C[CH2-].CC(C)c1cccc(C(C)C)c1N1[C]N(c2c(C(C)C)cccc2C(C)C)C=C1.[Cu+]. The molecule has 2 nitrogen and oxygen atoms in total. The van der Waals surface area contributed by atoms with Crippen molar-refractivity contribution in [1.29, 1.82) is 0 Å². The van der Waals surface area contributed by atoms with E-state index in [-0.39, 0.29) is 17.1 Å². The third-order valence-corrected chi connectivity index (χ3v) is 5.75. The number of hydrogen-bond donors (Lipinski definition) is 0. The van der Waals surface area contributed by atoms with Gasteiger partial charge in [0, 0.05) is 12.4 Å². The summed E-state index contributed by atoms with van der Waals surface area (Å²) in [4.78, 5) is 4.40. The molecule has 0 saturated heterocycles. The molecule has 1 heterocycles. The Labute approximate surface area is 214 Å². The quantitative estimate of drug-likeness (QED) is 0.293. The molecule has 0 atom stereocenters. The van der Waals surface area contributed by atoms with Crippen molar-refractivity contribution in [3.63, 3.8) is 0 Å². The Kier molecular flexibility index (Phi) is 11.4. The molecule has 3 rings (SSSR count). The summed E-state index contributed by atoms with van der Waals surface area (Å²) in [6.45, 7) is 28.3. The standard InChI is InChI=1S/C27H36N2.C3H5.Cu/c1-18(2)22-11-9-12-23(19(3)4)26(22)28-15-16-29(17-28)27-24(20(5)6)13-10-14-25(27)21(7)8;1-3-2;/h9-16,18-21H,1-8H3;3H,1-2H2;/q;-1;+1. The predicted molar refractivity (Wildman–Crippen MR) is 142 cm³/mol. The normalized spacial score (nSPS) is 13.0. The molecule has 2 aromatic carbocycles. The molecule has 0 bridgehead atoms. The minimum absolute atomic E-state index is 0. The summed E-state index contributed by atoms with van der Waals surface area (Å²) >= 11 is 0. The molecule has 0 aromatic heterocycles. The molecule has 2 radical (unpaired) electrons. The van der Waals surface area contributed by atoms with E-state index in [1.807, 2.05) is 0 Å². The summed E-state index contributed by atoms with van der Waals surface area (Å²) < 4.78 is 0. The van der Waals surface area contributed by atoms with Crippen LogP contribution in [0.1, 0.15) is 101 Å². The molecule has 0 spiro atoms. The second-order valence-corrected chi connectivity index (χ2v) is 9.62. The molecule has 0 N–H and O–H groups in total. The van der Waals surface area contributed by atoms with Crippen molar-refractivity contribution < 1.29 is 17.1 Å². The van der Waals surface area contributed by atoms with Crippen molar-refractivity contribution in [3.05, 3.63) is 97.3 Å². The van der Waals surface area contributed by atoms with Gasteiger partial charge in [0.25, 0.3) is 0 Å². The Morgan fingerprint density at radius 3 is 1.12 bits per heavy atom. The molecule has 1 aliphatic rings. The number of anilines is 2. The van der Waals surface area contributed by atoms with Crippen molar-refractivity contribution in [1.82, 2.24) is 0 Å². The zero-order chi connectivity index (χ0) is 24.0. The van der Waals surface area contributed by atoms with Crippen LogP contribution in [0.15, 0.2) is 61.5 Å². The first-order valence-corrected chi connectivity index (χ1v) is 11.8. The zero-order valence-electron chi connectivity index (χ0n) is 21.6. The van der Waals surface area contributed by atoms with E-state index in [4.69, 9.17) is 0 Å². The van der Waals surface area contributed by atoms with E-state index in [1.165, 1.54) is 39.7 Å². The van der Waals surface area contributed by atoms with Crippen molar-refractivity contribution in [2.24, 2.45) is 0 Å². The van der Waals surface area contributed by atoms with Gasteiger partial charge in [-0.25, -0.2) is 19.6 Å². The van der Waals surface area contributed by atoms with Gasteiger partial charge in [0.15, 0.2) is 0 Å². The molecule has 0 amide bonds. The summed E-state index contributed by atoms with van der Waals surface area (Å²) in [7, 11) is 0. The second-order valence-electron chi connectivity index (χ2n) is 9.62. The first kappa shape index (κ1) is 28.9. The van der Waals surface area contributed by atoms with Gasteiger partial charge in [0.2, 0.25) is 6.67 Å². The summed E-state index contributed by atoms with van der Waals surface area (Å²) in [5.41, 5.74) is 8.05. The van der Waals surface area contributed by atoms with Crippen LogP contribution in [0, 0.1) is 13.6 Å². The second kappa shape index (κ2) is 13.0. The van der Waals surface area contributed by atoms with Crippen LogP contribution < -0.4 is 9.80 Å². The van der Waals surface area contributed by atoms with Crippen LogP contribution in [0.5, 0.6) is 0 Å². The maximum atomic E-state index is 3.66. The predicted octanol–water partition coefficient (Wildman–Crippen LogP) is 8.98. The Hall–Kier alpha value is -2.09. The summed E-state index contributed by atoms with van der Waals surface area (Å²) in [5.74, 6) is 1.84. The van der Waals surface area contributed by atoms with Crippen LogP contribution in [0.25, 0.3) is 0 Å². The van der Waals surface area contributed by atoms with E-state index in [2.05, 4.69) is 134 Å². The Morgan fingerprint density at radius 1 is 0.667 bits per heavy atom. The van der Waals surface area contributed by atoms with Crippen LogP contribution in [-0.2, 0) is 17.1 Å². The number of hydrogen-bond acceptors (Lipinski definition) is 2. The van der Waals surface area contributed by atoms with E-state index in [9.17, 15) is 0 Å². The zero-order valence-corrected chi connectivity index (χ0v) is 22.6. The number of nitrogens with zero attached hydrogens (tertiary/aromatic N) is 2. The molecule has 0 fully saturated rings. The van der Waals surface area contributed by atoms with E-state index in [0.717, 1.165) is 0 Å². The average Bonchev–Trinajstić information content (AvgIpc) is 3.22. The molecule has 3 heteroatoms. The van der Waals surface area contributed by atoms with Gasteiger partial charge in [-0.3, -0.25) is 0 Å². The van der Waals surface area contributed by atoms with E-state index >= 15 is 0 Å². The fourth-order valence-electron chi connectivity index (χ4n) is 4.14. The fraction of sp³-hybridized carbons (Fsp3) is 0.400. The molecule has 0 unspecified atom stereocenters. The number of rotatable bonds is 6. The molecule has 182 valence electrons. The molecule has 2 aromatic rings. The first-order valence-electron chi connectivity index (χ1n) is 11.8. The fourth-order valence-corrected chi connectivity index (χ4v) is 4.14. The molecular weight excluding hydrogens is 452 g/mol. The number of para-hydroxylation sites is 2. The topological polar surface area (TPSA) is 6.48 Å². The van der Waals surface area contributed by atoms with Gasteiger partial charge in [-0.05, 0) is 45.9 Å². The Morgan fingerprint density at radius 2 is 0.909 bits per heavy atom. The molecular formula is C30H41CuN2. The van der Waals surface area contributed by atoms with Gasteiger partial charge in [-0.15, -0.1) is 0 Å². The minimum Gasteiger partial charge on any atom is -0.315 e. The molecule has 0 aliphatic carbocycles. The summed E-state index contributed by atoms with van der Waals surface area (Å²) in [5, 5.41) is 0. The smallest absolute Gasteiger partial charge is 0.315 e. The van der Waals surface area contributed by atoms with Crippen LogP contribution >= 0.6 is 0 Å². The molecule has 1 aliphatic heterocycles.